The quantitative estimate of drug-likeness (QED) is 0.804. The lowest BCUT2D eigenvalue weighted by atomic mass is 9.73. The highest BCUT2D eigenvalue weighted by atomic mass is 16.5. The van der Waals surface area contributed by atoms with Crippen LogP contribution in [0, 0.1) is 0 Å². The van der Waals surface area contributed by atoms with E-state index in [-0.39, 0.29) is 5.60 Å². The third-order valence-corrected chi connectivity index (χ3v) is 4.19. The number of nitrogens with one attached hydrogen (secondary N) is 1. The van der Waals surface area contributed by atoms with E-state index in [2.05, 4.69) is 28.8 Å². The van der Waals surface area contributed by atoms with Crippen LogP contribution in [0.2, 0.25) is 0 Å². The molecule has 0 amide bonds. The van der Waals surface area contributed by atoms with Crippen LogP contribution in [0.25, 0.3) is 0 Å². The van der Waals surface area contributed by atoms with Gasteiger partial charge in [0.15, 0.2) is 0 Å². The van der Waals surface area contributed by atoms with Gasteiger partial charge in [-0.2, -0.15) is 0 Å². The minimum absolute atomic E-state index is 0.0289. The van der Waals surface area contributed by atoms with Crippen molar-refractivity contribution < 1.29 is 4.74 Å². The molecule has 1 atom stereocenters. The molecule has 1 aliphatic carbocycles. The second-order valence-corrected chi connectivity index (χ2v) is 5.29. The van der Waals surface area contributed by atoms with Crippen LogP contribution in [0.3, 0.4) is 0 Å². The zero-order valence-electron chi connectivity index (χ0n) is 11.8. The van der Waals surface area contributed by atoms with Crippen LogP contribution < -0.4 is 5.32 Å². The van der Waals surface area contributed by atoms with Gasteiger partial charge in [0.2, 0.25) is 0 Å². The number of rotatable bonds is 7. The summed E-state index contributed by atoms with van der Waals surface area (Å²) < 4.78 is 7.92. The summed E-state index contributed by atoms with van der Waals surface area (Å²) in [6.07, 6.45) is 9.57. The fraction of sp³-hybridized carbons (Fsp3) is 0.786. The molecule has 1 aliphatic rings. The first-order chi connectivity index (χ1) is 8.72. The Bertz CT molecular complexity index is 365. The van der Waals surface area contributed by atoms with E-state index >= 15 is 0 Å². The molecule has 102 valence electrons. The Balaban J connectivity index is 2.07. The van der Waals surface area contributed by atoms with E-state index in [4.69, 9.17) is 4.74 Å². The Hall–Kier alpha value is -0.870. The summed E-state index contributed by atoms with van der Waals surface area (Å²) in [7, 11) is 3.90. The number of aromatic nitrogens is 2. The molecule has 0 aliphatic heterocycles. The average molecular weight is 251 g/mol. The first kappa shape index (κ1) is 13.6. The molecule has 1 aromatic heterocycles. The molecule has 0 spiro atoms. The van der Waals surface area contributed by atoms with Gasteiger partial charge >= 0.3 is 0 Å². The zero-order chi connectivity index (χ0) is 13.0. The lowest BCUT2D eigenvalue weighted by Crippen LogP contribution is -2.57. The van der Waals surface area contributed by atoms with Crippen molar-refractivity contribution in [3.05, 3.63) is 18.2 Å². The first-order valence-corrected chi connectivity index (χ1v) is 6.96. The number of nitrogens with zero attached hydrogens (tertiary/aromatic N) is 2. The normalized spacial score (nSPS) is 19.5. The van der Waals surface area contributed by atoms with Gasteiger partial charge in [0.25, 0.3) is 0 Å². The first-order valence-electron chi connectivity index (χ1n) is 6.96. The van der Waals surface area contributed by atoms with Gasteiger partial charge in [0.1, 0.15) is 5.82 Å². The number of imidazole rings is 1. The van der Waals surface area contributed by atoms with Gasteiger partial charge in [-0.1, -0.05) is 6.92 Å². The van der Waals surface area contributed by atoms with E-state index in [1.165, 1.54) is 6.42 Å². The van der Waals surface area contributed by atoms with Gasteiger partial charge in [0.05, 0.1) is 5.60 Å². The van der Waals surface area contributed by atoms with Gasteiger partial charge in [-0.3, -0.25) is 0 Å². The summed E-state index contributed by atoms with van der Waals surface area (Å²) in [5.74, 6) is 1.13. The molecule has 1 heterocycles. The van der Waals surface area contributed by atoms with Gasteiger partial charge in [-0.25, -0.2) is 4.98 Å². The molecule has 0 saturated heterocycles. The summed E-state index contributed by atoms with van der Waals surface area (Å²) in [6, 6.07) is 0.373. The highest BCUT2D eigenvalue weighted by Crippen LogP contribution is 2.39. The van der Waals surface area contributed by atoms with Crippen LogP contribution >= 0.6 is 0 Å². The zero-order valence-corrected chi connectivity index (χ0v) is 11.8. The van der Waals surface area contributed by atoms with Crippen molar-refractivity contribution in [1.82, 2.24) is 14.9 Å². The van der Waals surface area contributed by atoms with Crippen LogP contribution in [-0.2, 0) is 18.2 Å². The molecule has 4 heteroatoms. The van der Waals surface area contributed by atoms with Gasteiger partial charge in [-0.15, -0.1) is 0 Å². The monoisotopic (exact) mass is 251 g/mol. The SMILES string of the molecule is CCCNC(Cc1nccn1C)C1(OC)CCC1. The number of hydrogen-bond donors (Lipinski definition) is 1. The number of methoxy groups -OCH3 is 1. The highest BCUT2D eigenvalue weighted by Gasteiger charge is 2.44. The van der Waals surface area contributed by atoms with Gasteiger partial charge < -0.3 is 14.6 Å². The van der Waals surface area contributed by atoms with E-state index in [9.17, 15) is 0 Å². The standard InChI is InChI=1S/C14H25N3O/c1-4-8-15-12(14(18-3)6-5-7-14)11-13-16-9-10-17(13)2/h9-10,12,15H,4-8,11H2,1-3H3. The molecule has 18 heavy (non-hydrogen) atoms. The van der Waals surface area contributed by atoms with E-state index in [1.54, 1.807) is 0 Å². The van der Waals surface area contributed by atoms with E-state index in [0.717, 1.165) is 38.1 Å². The van der Waals surface area contributed by atoms with Crippen molar-refractivity contribution >= 4 is 0 Å². The molecule has 1 unspecified atom stereocenters. The van der Waals surface area contributed by atoms with Crippen molar-refractivity contribution in [3.8, 4) is 0 Å². The van der Waals surface area contributed by atoms with Gasteiger partial charge in [0, 0.05) is 39.0 Å². The predicted octanol–water partition coefficient (Wildman–Crippen LogP) is 1.90. The number of hydrogen-bond acceptors (Lipinski definition) is 3. The minimum Gasteiger partial charge on any atom is -0.377 e. The third kappa shape index (κ3) is 2.59. The smallest absolute Gasteiger partial charge is 0.110 e. The van der Waals surface area contributed by atoms with Crippen LogP contribution in [0.1, 0.15) is 38.4 Å². The van der Waals surface area contributed by atoms with Crippen molar-refractivity contribution in [2.24, 2.45) is 7.05 Å². The van der Waals surface area contributed by atoms with Crippen molar-refractivity contribution in [2.75, 3.05) is 13.7 Å². The summed E-state index contributed by atoms with van der Waals surface area (Å²) in [5.41, 5.74) is 0.0289. The molecule has 1 aromatic rings. The summed E-state index contributed by atoms with van der Waals surface area (Å²) in [6.45, 7) is 3.24. The molecule has 0 bridgehead atoms. The van der Waals surface area contributed by atoms with Crippen LogP contribution in [0.5, 0.6) is 0 Å². The Morgan fingerprint density at radius 2 is 2.33 bits per heavy atom. The van der Waals surface area contributed by atoms with Gasteiger partial charge in [-0.05, 0) is 32.2 Å². The van der Waals surface area contributed by atoms with Crippen molar-refractivity contribution in [2.45, 2.75) is 50.7 Å². The molecular weight excluding hydrogens is 226 g/mol. The van der Waals surface area contributed by atoms with Crippen molar-refractivity contribution in [1.29, 1.82) is 0 Å². The molecule has 1 N–H and O–H groups in total. The second-order valence-electron chi connectivity index (χ2n) is 5.29. The largest absolute Gasteiger partial charge is 0.377 e. The van der Waals surface area contributed by atoms with Crippen molar-refractivity contribution in [3.63, 3.8) is 0 Å². The van der Waals surface area contributed by atoms with E-state index in [1.807, 2.05) is 19.5 Å². The second kappa shape index (κ2) is 5.85. The summed E-state index contributed by atoms with van der Waals surface area (Å²) in [5, 5.41) is 3.65. The summed E-state index contributed by atoms with van der Waals surface area (Å²) >= 11 is 0. The Morgan fingerprint density at radius 1 is 1.56 bits per heavy atom. The fourth-order valence-electron chi connectivity index (χ4n) is 2.76. The molecule has 0 radical (unpaired) electrons. The van der Waals surface area contributed by atoms with E-state index < -0.39 is 0 Å². The molecule has 1 fully saturated rings. The Kier molecular flexibility index (Phi) is 4.40. The molecule has 1 saturated carbocycles. The number of aryl methyl sites for hydroxylation is 1. The van der Waals surface area contributed by atoms with Crippen LogP contribution in [0.4, 0.5) is 0 Å². The maximum absolute atomic E-state index is 5.82. The molecular formula is C14H25N3O. The average Bonchev–Trinajstić information content (AvgIpc) is 2.71. The Labute approximate surface area is 110 Å². The van der Waals surface area contributed by atoms with E-state index in [0.29, 0.717) is 6.04 Å². The molecule has 4 nitrogen and oxygen atoms in total. The lowest BCUT2D eigenvalue weighted by molar-refractivity contribution is -0.0985. The predicted molar refractivity (Wildman–Crippen MR) is 72.6 cm³/mol. The minimum atomic E-state index is 0.0289. The number of ether oxygens (including phenoxy) is 1. The maximum Gasteiger partial charge on any atom is 0.110 e. The van der Waals surface area contributed by atoms with Crippen LogP contribution in [0.15, 0.2) is 12.4 Å². The lowest BCUT2D eigenvalue weighted by Gasteiger charge is -2.46. The molecule has 2 rings (SSSR count). The molecule has 0 aromatic carbocycles. The highest BCUT2D eigenvalue weighted by molar-refractivity contribution is 5.05. The maximum atomic E-state index is 5.82. The fourth-order valence-corrected chi connectivity index (χ4v) is 2.76. The van der Waals surface area contributed by atoms with Crippen LogP contribution in [-0.4, -0.2) is 34.8 Å². The Morgan fingerprint density at radius 3 is 2.78 bits per heavy atom. The topological polar surface area (TPSA) is 39.1 Å². The summed E-state index contributed by atoms with van der Waals surface area (Å²) in [4.78, 5) is 4.44. The third-order valence-electron chi connectivity index (χ3n) is 4.19.